The Morgan fingerprint density at radius 3 is 2.71 bits per heavy atom. The van der Waals surface area contributed by atoms with Crippen LogP contribution < -0.4 is 5.32 Å². The van der Waals surface area contributed by atoms with E-state index in [0.29, 0.717) is 12.1 Å². The molecule has 98 valence electrons. The van der Waals surface area contributed by atoms with Gasteiger partial charge in [0, 0.05) is 25.8 Å². The van der Waals surface area contributed by atoms with Crippen LogP contribution in [0.5, 0.6) is 0 Å². The molecule has 1 heterocycles. The van der Waals surface area contributed by atoms with Gasteiger partial charge in [-0.25, -0.2) is 4.68 Å². The first-order chi connectivity index (χ1) is 8.02. The lowest BCUT2D eigenvalue weighted by Crippen LogP contribution is -2.18. The summed E-state index contributed by atoms with van der Waals surface area (Å²) in [6.45, 7) is 7.93. The predicted octanol–water partition coefficient (Wildman–Crippen LogP) is 1.77. The Morgan fingerprint density at radius 1 is 1.47 bits per heavy atom. The molecule has 5 heteroatoms. The molecule has 1 aromatic rings. The number of nitrogens with one attached hydrogen (secondary N) is 1. The second kappa shape index (κ2) is 6.71. The number of rotatable bonds is 7. The van der Waals surface area contributed by atoms with Gasteiger partial charge in [-0.15, -0.1) is 0 Å². The van der Waals surface area contributed by atoms with Crippen molar-refractivity contribution in [3.05, 3.63) is 17.2 Å². The third-order valence-corrected chi connectivity index (χ3v) is 2.52. The van der Waals surface area contributed by atoms with Crippen LogP contribution in [0.4, 0.5) is 4.39 Å². The maximum Gasteiger partial charge on any atom is 0.215 e. The standard InChI is InChI=1S/C12H22FN3O/c1-9(2)17-7-5-6-14-8-11-10(3)15-16(4)12(11)13/h9,14H,5-8H2,1-4H3. The van der Waals surface area contributed by atoms with Crippen LogP contribution in [0.3, 0.4) is 0 Å². The Labute approximate surface area is 102 Å². The van der Waals surface area contributed by atoms with Crippen molar-refractivity contribution in [1.29, 1.82) is 0 Å². The molecule has 0 atom stereocenters. The van der Waals surface area contributed by atoms with Crippen LogP contribution in [0.1, 0.15) is 31.5 Å². The van der Waals surface area contributed by atoms with Gasteiger partial charge in [0.25, 0.3) is 0 Å². The molecule has 0 saturated heterocycles. The summed E-state index contributed by atoms with van der Waals surface area (Å²) in [5.41, 5.74) is 1.40. The lowest BCUT2D eigenvalue weighted by Gasteiger charge is -2.07. The number of halogens is 1. The summed E-state index contributed by atoms with van der Waals surface area (Å²) in [4.78, 5) is 0. The van der Waals surface area contributed by atoms with Gasteiger partial charge in [0.05, 0.1) is 11.8 Å². The van der Waals surface area contributed by atoms with Gasteiger partial charge in [0.2, 0.25) is 5.95 Å². The minimum Gasteiger partial charge on any atom is -0.379 e. The van der Waals surface area contributed by atoms with Crippen molar-refractivity contribution in [3.8, 4) is 0 Å². The van der Waals surface area contributed by atoms with Crippen LogP contribution in [0.15, 0.2) is 0 Å². The van der Waals surface area contributed by atoms with Gasteiger partial charge in [0.15, 0.2) is 0 Å². The summed E-state index contributed by atoms with van der Waals surface area (Å²) in [5.74, 6) is -0.256. The fraction of sp³-hybridized carbons (Fsp3) is 0.750. The van der Waals surface area contributed by atoms with Crippen LogP contribution in [0.25, 0.3) is 0 Å². The topological polar surface area (TPSA) is 39.1 Å². The molecule has 0 aliphatic rings. The molecule has 0 unspecified atom stereocenters. The highest BCUT2D eigenvalue weighted by molar-refractivity contribution is 5.16. The highest BCUT2D eigenvalue weighted by Gasteiger charge is 2.11. The van der Waals surface area contributed by atoms with E-state index in [1.165, 1.54) is 4.68 Å². The van der Waals surface area contributed by atoms with Crippen LogP contribution in [0.2, 0.25) is 0 Å². The Balaban J connectivity index is 2.22. The lowest BCUT2D eigenvalue weighted by atomic mass is 10.2. The largest absolute Gasteiger partial charge is 0.379 e. The molecule has 1 rings (SSSR count). The molecular weight excluding hydrogens is 221 g/mol. The average Bonchev–Trinajstić information content (AvgIpc) is 2.48. The zero-order chi connectivity index (χ0) is 12.8. The molecule has 0 saturated carbocycles. The first-order valence-electron chi connectivity index (χ1n) is 6.02. The van der Waals surface area contributed by atoms with Crippen molar-refractivity contribution < 1.29 is 9.13 Å². The van der Waals surface area contributed by atoms with Gasteiger partial charge in [-0.05, 0) is 33.7 Å². The van der Waals surface area contributed by atoms with Gasteiger partial charge in [-0.3, -0.25) is 0 Å². The summed E-state index contributed by atoms with van der Waals surface area (Å²) in [5, 5.41) is 7.22. The predicted molar refractivity (Wildman–Crippen MR) is 65.3 cm³/mol. The van der Waals surface area contributed by atoms with E-state index < -0.39 is 0 Å². The molecule has 0 aliphatic carbocycles. The first-order valence-corrected chi connectivity index (χ1v) is 6.02. The highest BCUT2D eigenvalue weighted by Crippen LogP contribution is 2.10. The number of nitrogens with zero attached hydrogens (tertiary/aromatic N) is 2. The maximum absolute atomic E-state index is 13.5. The number of aryl methyl sites for hydroxylation is 2. The van der Waals surface area contributed by atoms with Crippen molar-refractivity contribution in [3.63, 3.8) is 0 Å². The third kappa shape index (κ3) is 4.44. The Hall–Kier alpha value is -0.940. The summed E-state index contributed by atoms with van der Waals surface area (Å²) in [6.07, 6.45) is 1.20. The molecule has 1 aromatic heterocycles. The van der Waals surface area contributed by atoms with E-state index in [1.54, 1.807) is 7.05 Å². The van der Waals surface area contributed by atoms with Crippen LogP contribution in [-0.2, 0) is 18.3 Å². The zero-order valence-corrected chi connectivity index (χ0v) is 11.1. The van der Waals surface area contributed by atoms with Gasteiger partial charge < -0.3 is 10.1 Å². The number of hydrogen-bond acceptors (Lipinski definition) is 3. The van der Waals surface area contributed by atoms with Crippen molar-refractivity contribution in [2.45, 2.75) is 39.8 Å². The van der Waals surface area contributed by atoms with Crippen molar-refractivity contribution in [2.75, 3.05) is 13.2 Å². The molecule has 0 fully saturated rings. The molecule has 0 spiro atoms. The molecule has 0 aromatic carbocycles. The van der Waals surface area contributed by atoms with E-state index in [9.17, 15) is 4.39 Å². The second-order valence-corrected chi connectivity index (χ2v) is 4.43. The molecule has 4 nitrogen and oxygen atoms in total. The smallest absolute Gasteiger partial charge is 0.215 e. The average molecular weight is 243 g/mol. The van der Waals surface area contributed by atoms with Gasteiger partial charge in [0.1, 0.15) is 0 Å². The lowest BCUT2D eigenvalue weighted by molar-refractivity contribution is 0.0770. The van der Waals surface area contributed by atoms with Crippen LogP contribution in [-0.4, -0.2) is 29.0 Å². The summed E-state index contributed by atoms with van der Waals surface area (Å²) in [6, 6.07) is 0. The minimum atomic E-state index is -0.256. The van der Waals surface area contributed by atoms with Crippen molar-refractivity contribution in [2.24, 2.45) is 7.05 Å². The Morgan fingerprint density at radius 2 is 2.18 bits per heavy atom. The molecular formula is C12H22FN3O. The Bertz CT molecular complexity index is 350. The molecule has 1 N–H and O–H groups in total. The van der Waals surface area contributed by atoms with Gasteiger partial charge in [-0.2, -0.15) is 9.49 Å². The maximum atomic E-state index is 13.5. The normalized spacial score (nSPS) is 11.4. The van der Waals surface area contributed by atoms with E-state index in [1.807, 2.05) is 20.8 Å². The van der Waals surface area contributed by atoms with Crippen molar-refractivity contribution >= 4 is 0 Å². The van der Waals surface area contributed by atoms with E-state index in [4.69, 9.17) is 4.74 Å². The summed E-state index contributed by atoms with van der Waals surface area (Å²) < 4.78 is 20.2. The van der Waals surface area contributed by atoms with Crippen molar-refractivity contribution in [1.82, 2.24) is 15.1 Å². The summed E-state index contributed by atoms with van der Waals surface area (Å²) >= 11 is 0. The highest BCUT2D eigenvalue weighted by atomic mass is 19.1. The monoisotopic (exact) mass is 243 g/mol. The fourth-order valence-electron chi connectivity index (χ4n) is 1.60. The number of aromatic nitrogens is 2. The second-order valence-electron chi connectivity index (χ2n) is 4.43. The Kier molecular flexibility index (Phi) is 5.58. The fourth-order valence-corrected chi connectivity index (χ4v) is 1.60. The SMILES string of the molecule is Cc1nn(C)c(F)c1CNCCCOC(C)C. The van der Waals surface area contributed by atoms with Crippen LogP contribution in [0, 0.1) is 12.9 Å². The van der Waals surface area contributed by atoms with E-state index in [-0.39, 0.29) is 12.1 Å². The number of ether oxygens (including phenoxy) is 1. The quantitative estimate of drug-likeness (QED) is 0.742. The summed E-state index contributed by atoms with van der Waals surface area (Å²) in [7, 11) is 1.61. The molecule has 17 heavy (non-hydrogen) atoms. The third-order valence-electron chi connectivity index (χ3n) is 2.52. The van der Waals surface area contributed by atoms with E-state index >= 15 is 0 Å². The van der Waals surface area contributed by atoms with Gasteiger partial charge >= 0.3 is 0 Å². The molecule has 0 radical (unpaired) electrons. The number of hydrogen-bond donors (Lipinski definition) is 1. The molecule has 0 aliphatic heterocycles. The molecule has 0 bridgehead atoms. The van der Waals surface area contributed by atoms with Gasteiger partial charge in [-0.1, -0.05) is 0 Å². The van der Waals surface area contributed by atoms with Crippen LogP contribution >= 0.6 is 0 Å². The van der Waals surface area contributed by atoms with E-state index in [0.717, 1.165) is 25.3 Å². The minimum absolute atomic E-state index is 0.256. The first kappa shape index (κ1) is 14.1. The zero-order valence-electron chi connectivity index (χ0n) is 11.1. The molecule has 0 amide bonds. The van der Waals surface area contributed by atoms with E-state index in [2.05, 4.69) is 10.4 Å².